The highest BCUT2D eigenvalue weighted by Crippen LogP contribution is 2.25. The molecule has 0 aliphatic carbocycles. The zero-order chi connectivity index (χ0) is 10.9. The Morgan fingerprint density at radius 1 is 1.31 bits per heavy atom. The normalized spacial score (nSPS) is 18.3. The van der Waals surface area contributed by atoms with Crippen molar-refractivity contribution in [3.05, 3.63) is 0 Å². The molecule has 2 atom stereocenters. The maximum atomic E-state index is 11.4. The molecule has 0 fully saturated rings. The molecule has 13 heavy (non-hydrogen) atoms. The molecular weight excluding hydrogens is 188 g/mol. The third-order valence-corrected chi connectivity index (χ3v) is 4.50. The molecule has 0 aromatic heterocycles. The molecule has 0 saturated carbocycles. The predicted molar refractivity (Wildman–Crippen MR) is 54.4 cm³/mol. The molecule has 0 amide bonds. The zero-order valence-electron chi connectivity index (χ0n) is 9.03. The molecule has 0 aliphatic heterocycles. The van der Waals surface area contributed by atoms with Crippen molar-refractivity contribution in [3.63, 3.8) is 0 Å². The molecule has 0 unspecified atom stereocenters. The molecule has 0 saturated heterocycles. The molecule has 3 nitrogen and oxygen atoms in total. The Morgan fingerprint density at radius 3 is 1.92 bits per heavy atom. The Labute approximate surface area is 81.1 Å². The van der Waals surface area contributed by atoms with Crippen molar-refractivity contribution in [1.82, 2.24) is 0 Å². The van der Waals surface area contributed by atoms with Crippen molar-refractivity contribution in [2.75, 3.05) is 5.75 Å². The number of rotatable bonds is 3. The first-order valence-corrected chi connectivity index (χ1v) is 6.24. The van der Waals surface area contributed by atoms with Crippen LogP contribution in [0.1, 0.15) is 34.6 Å². The summed E-state index contributed by atoms with van der Waals surface area (Å²) in [5.74, 6) is 0.0846. The van der Waals surface area contributed by atoms with Gasteiger partial charge >= 0.3 is 0 Å². The summed E-state index contributed by atoms with van der Waals surface area (Å²) in [6.07, 6.45) is -0.808. The number of hydrogen-bond donors (Lipinski definition) is 1. The summed E-state index contributed by atoms with van der Waals surface area (Å²) in [6, 6.07) is 0. The minimum Gasteiger partial charge on any atom is -0.391 e. The minimum absolute atomic E-state index is 0.0846. The molecule has 0 rings (SSSR count). The molecule has 0 aliphatic rings. The third-order valence-electron chi connectivity index (χ3n) is 2.30. The molecule has 0 aromatic rings. The van der Waals surface area contributed by atoms with Crippen molar-refractivity contribution in [2.24, 2.45) is 5.41 Å². The lowest BCUT2D eigenvalue weighted by Gasteiger charge is -2.30. The van der Waals surface area contributed by atoms with Crippen LogP contribution in [0, 0.1) is 5.41 Å². The number of sulfone groups is 1. The van der Waals surface area contributed by atoms with E-state index in [1.165, 1.54) is 0 Å². The maximum Gasteiger partial charge on any atom is 0.155 e. The van der Waals surface area contributed by atoms with E-state index in [0.29, 0.717) is 0 Å². The monoisotopic (exact) mass is 208 g/mol. The summed E-state index contributed by atoms with van der Waals surface area (Å²) in [7, 11) is -3.13. The van der Waals surface area contributed by atoms with E-state index in [4.69, 9.17) is 0 Å². The molecule has 4 heteroatoms. The highest BCUT2D eigenvalue weighted by Gasteiger charge is 2.34. The van der Waals surface area contributed by atoms with Crippen LogP contribution in [0.2, 0.25) is 0 Å². The van der Waals surface area contributed by atoms with Crippen LogP contribution >= 0.6 is 0 Å². The summed E-state index contributed by atoms with van der Waals surface area (Å²) >= 11 is 0. The highest BCUT2D eigenvalue weighted by atomic mass is 32.2. The molecular formula is C9H20O3S. The molecule has 0 heterocycles. The second kappa shape index (κ2) is 3.96. The van der Waals surface area contributed by atoms with E-state index in [2.05, 4.69) is 0 Å². The smallest absolute Gasteiger partial charge is 0.155 e. The van der Waals surface area contributed by atoms with Gasteiger partial charge in [-0.25, -0.2) is 8.42 Å². The average molecular weight is 208 g/mol. The Bertz CT molecular complexity index is 249. The second-order valence-electron chi connectivity index (χ2n) is 4.47. The van der Waals surface area contributed by atoms with Crippen LogP contribution in [0.25, 0.3) is 0 Å². The van der Waals surface area contributed by atoms with Gasteiger partial charge < -0.3 is 5.11 Å². The summed E-state index contributed by atoms with van der Waals surface area (Å²) < 4.78 is 22.9. The fourth-order valence-corrected chi connectivity index (χ4v) is 2.49. The standard InChI is InChI=1S/C9H20O3S/c1-6-13(11,12)7(2)8(10)9(3,4)5/h7-8,10H,6H2,1-5H3/t7-,8-/m1/s1. The lowest BCUT2D eigenvalue weighted by atomic mass is 9.87. The first-order chi connectivity index (χ1) is 5.63. The molecule has 1 N–H and O–H groups in total. The van der Waals surface area contributed by atoms with E-state index < -0.39 is 21.2 Å². The molecule has 0 radical (unpaired) electrons. The third kappa shape index (κ3) is 3.27. The first-order valence-electron chi connectivity index (χ1n) is 4.52. The quantitative estimate of drug-likeness (QED) is 0.758. The van der Waals surface area contributed by atoms with Gasteiger partial charge in [0.15, 0.2) is 9.84 Å². The number of hydrogen-bond acceptors (Lipinski definition) is 3. The predicted octanol–water partition coefficient (Wildman–Crippen LogP) is 1.22. The van der Waals surface area contributed by atoms with E-state index in [1.54, 1.807) is 13.8 Å². The van der Waals surface area contributed by atoms with Gasteiger partial charge in [0.2, 0.25) is 0 Å². The van der Waals surface area contributed by atoms with Gasteiger partial charge in [-0.05, 0) is 12.3 Å². The molecule has 0 aromatic carbocycles. The Morgan fingerprint density at radius 2 is 1.69 bits per heavy atom. The Kier molecular flexibility index (Phi) is 3.94. The number of aliphatic hydroxyl groups is 1. The first kappa shape index (κ1) is 12.9. The van der Waals surface area contributed by atoms with Gasteiger partial charge in [-0.2, -0.15) is 0 Å². The van der Waals surface area contributed by atoms with E-state index in [1.807, 2.05) is 20.8 Å². The fourth-order valence-electron chi connectivity index (χ4n) is 1.16. The van der Waals surface area contributed by atoms with Crippen molar-refractivity contribution in [3.8, 4) is 0 Å². The van der Waals surface area contributed by atoms with Crippen LogP contribution in [0.5, 0.6) is 0 Å². The van der Waals surface area contributed by atoms with Gasteiger partial charge in [-0.1, -0.05) is 27.7 Å². The van der Waals surface area contributed by atoms with Gasteiger partial charge in [0, 0.05) is 5.75 Å². The topological polar surface area (TPSA) is 54.4 Å². The summed E-state index contributed by atoms with van der Waals surface area (Å²) in [4.78, 5) is 0. The summed E-state index contributed by atoms with van der Waals surface area (Å²) in [5.41, 5.74) is -0.387. The van der Waals surface area contributed by atoms with Gasteiger partial charge in [0.05, 0.1) is 11.4 Å². The van der Waals surface area contributed by atoms with Gasteiger partial charge in [-0.3, -0.25) is 0 Å². The zero-order valence-corrected chi connectivity index (χ0v) is 9.85. The Hall–Kier alpha value is -0.0900. The van der Waals surface area contributed by atoms with Crippen molar-refractivity contribution in [1.29, 1.82) is 0 Å². The largest absolute Gasteiger partial charge is 0.391 e. The van der Waals surface area contributed by atoms with Crippen LogP contribution in [-0.2, 0) is 9.84 Å². The fraction of sp³-hybridized carbons (Fsp3) is 1.00. The van der Waals surface area contributed by atoms with Crippen LogP contribution in [0.3, 0.4) is 0 Å². The highest BCUT2D eigenvalue weighted by molar-refractivity contribution is 7.92. The van der Waals surface area contributed by atoms with E-state index in [0.717, 1.165) is 0 Å². The van der Waals surface area contributed by atoms with E-state index in [9.17, 15) is 13.5 Å². The lowest BCUT2D eigenvalue weighted by Crippen LogP contribution is -2.41. The van der Waals surface area contributed by atoms with Crippen LogP contribution < -0.4 is 0 Å². The lowest BCUT2D eigenvalue weighted by molar-refractivity contribution is 0.0626. The van der Waals surface area contributed by atoms with Crippen molar-refractivity contribution in [2.45, 2.75) is 46.0 Å². The maximum absolute atomic E-state index is 11.4. The number of aliphatic hydroxyl groups excluding tert-OH is 1. The van der Waals surface area contributed by atoms with Crippen LogP contribution in [0.4, 0.5) is 0 Å². The summed E-state index contributed by atoms with van der Waals surface area (Å²) in [5, 5.41) is 9.06. The van der Waals surface area contributed by atoms with Crippen LogP contribution in [0.15, 0.2) is 0 Å². The van der Waals surface area contributed by atoms with Crippen molar-refractivity contribution >= 4 is 9.84 Å². The van der Waals surface area contributed by atoms with Crippen molar-refractivity contribution < 1.29 is 13.5 Å². The van der Waals surface area contributed by atoms with Gasteiger partial charge in [0.1, 0.15) is 0 Å². The Balaban J connectivity index is 4.73. The van der Waals surface area contributed by atoms with E-state index >= 15 is 0 Å². The van der Waals surface area contributed by atoms with E-state index in [-0.39, 0.29) is 11.2 Å². The van der Waals surface area contributed by atoms with Gasteiger partial charge in [-0.15, -0.1) is 0 Å². The average Bonchev–Trinajstić information content (AvgIpc) is 2.00. The molecule has 0 bridgehead atoms. The van der Waals surface area contributed by atoms with Gasteiger partial charge in [0.25, 0.3) is 0 Å². The molecule has 80 valence electrons. The molecule has 0 spiro atoms. The summed E-state index contributed by atoms with van der Waals surface area (Å²) in [6.45, 7) is 8.66. The second-order valence-corrected chi connectivity index (χ2v) is 7.11. The van der Waals surface area contributed by atoms with Crippen LogP contribution in [-0.4, -0.2) is 30.6 Å². The minimum atomic E-state index is -3.13. The SMILES string of the molecule is CCS(=O)(=O)[C@H](C)[C@@H](O)C(C)(C)C.